The lowest BCUT2D eigenvalue weighted by Gasteiger charge is -2.35. The van der Waals surface area contributed by atoms with Gasteiger partial charge in [-0.15, -0.1) is 11.3 Å². The molecule has 1 unspecified atom stereocenters. The van der Waals surface area contributed by atoms with Crippen LogP contribution in [0.1, 0.15) is 45.2 Å². The highest BCUT2D eigenvalue weighted by Crippen LogP contribution is 2.42. The van der Waals surface area contributed by atoms with Crippen molar-refractivity contribution in [3.8, 4) is 0 Å². The third-order valence-corrected chi connectivity index (χ3v) is 6.81. The van der Waals surface area contributed by atoms with Gasteiger partial charge in [0.2, 0.25) is 0 Å². The predicted octanol–water partition coefficient (Wildman–Crippen LogP) is 2.14. The Balaban J connectivity index is 1.48. The lowest BCUT2D eigenvalue weighted by Crippen LogP contribution is -3.15. The molecule has 0 bridgehead atoms. The minimum Gasteiger partial charge on any atom is -0.311 e. The predicted molar refractivity (Wildman–Crippen MR) is 97.2 cm³/mol. The van der Waals surface area contributed by atoms with Crippen molar-refractivity contribution < 1.29 is 14.5 Å². The Morgan fingerprint density at radius 3 is 2.88 bits per heavy atom. The van der Waals surface area contributed by atoms with Gasteiger partial charge in [0.25, 0.3) is 5.78 Å². The van der Waals surface area contributed by atoms with Crippen molar-refractivity contribution in [3.63, 3.8) is 0 Å². The van der Waals surface area contributed by atoms with Gasteiger partial charge in [0.1, 0.15) is 6.04 Å². The van der Waals surface area contributed by atoms with E-state index >= 15 is 0 Å². The molecule has 5 rings (SSSR count). The zero-order chi connectivity index (χ0) is 17.1. The molecular weight excluding hydrogens is 332 g/mol. The topological polar surface area (TPSA) is 41.8 Å². The number of carbonyl (C=O) groups excluding carboxylic acids is 2. The first kappa shape index (κ1) is 15.3. The minimum atomic E-state index is -0.362. The zero-order valence-electron chi connectivity index (χ0n) is 14.2. The summed E-state index contributed by atoms with van der Waals surface area (Å²) in [5.41, 5.74) is 3.86. The Bertz CT molecular complexity index is 884. The molecule has 2 aliphatic heterocycles. The summed E-state index contributed by atoms with van der Waals surface area (Å²) in [5, 5.41) is 2.20. The minimum absolute atomic E-state index is 0.352. The molecule has 1 aliphatic carbocycles. The second-order valence-corrected chi connectivity index (χ2v) is 8.51. The summed E-state index contributed by atoms with van der Waals surface area (Å²) < 4.78 is 0. The van der Waals surface area contributed by atoms with Gasteiger partial charge in [0.05, 0.1) is 17.8 Å². The normalized spacial score (nSPS) is 25.2. The van der Waals surface area contributed by atoms with E-state index in [0.29, 0.717) is 18.3 Å². The fourth-order valence-electron chi connectivity index (χ4n) is 4.45. The molecule has 1 aromatic carbocycles. The third kappa shape index (κ3) is 2.37. The van der Waals surface area contributed by atoms with Gasteiger partial charge in [-0.25, -0.2) is 0 Å². The van der Waals surface area contributed by atoms with E-state index in [1.165, 1.54) is 28.2 Å². The molecule has 5 heteroatoms. The molecular formula is C20H21N2O2S+. The van der Waals surface area contributed by atoms with Crippen molar-refractivity contribution in [1.82, 2.24) is 0 Å². The van der Waals surface area contributed by atoms with Gasteiger partial charge in [0.15, 0.2) is 6.67 Å². The highest BCUT2D eigenvalue weighted by molar-refractivity contribution is 7.10. The Kier molecular flexibility index (Phi) is 3.37. The van der Waals surface area contributed by atoms with Gasteiger partial charge in [-0.3, -0.25) is 14.5 Å². The number of fused-ring (bicyclic) bond motifs is 2. The number of ketones is 1. The molecule has 1 saturated carbocycles. The highest BCUT2D eigenvalue weighted by atomic mass is 32.1. The number of anilines is 1. The summed E-state index contributed by atoms with van der Waals surface area (Å²) in [6.45, 7) is 3.59. The molecule has 1 N–H and O–H groups in total. The monoisotopic (exact) mass is 353 g/mol. The zero-order valence-corrected chi connectivity index (χ0v) is 15.1. The van der Waals surface area contributed by atoms with Crippen LogP contribution < -0.4 is 9.80 Å². The number of nitrogens with one attached hydrogen (secondary N) is 1. The number of quaternary nitrogens is 1. The average Bonchev–Trinajstić information content (AvgIpc) is 3.29. The molecule has 0 spiro atoms. The van der Waals surface area contributed by atoms with E-state index in [-0.39, 0.29) is 11.7 Å². The van der Waals surface area contributed by atoms with Gasteiger partial charge in [0, 0.05) is 22.8 Å². The first-order chi connectivity index (χ1) is 12.1. The Morgan fingerprint density at radius 1 is 1.24 bits per heavy atom. The molecule has 4 nitrogen and oxygen atoms in total. The summed E-state index contributed by atoms with van der Waals surface area (Å²) in [5.74, 6) is 0.0163. The standard InChI is InChI=1S/C20H20N2O2S/c1-12-2-5-16-15(10-12)19(23)20(24)22(16)11-21-8-6-17-14(7-9-25-17)18(21)13-3-4-13/h2,5,7,9-10,13,18H,3-4,6,8,11H2,1H3/p+1/t18-/m1/s1. The van der Waals surface area contributed by atoms with Crippen LogP contribution in [0.2, 0.25) is 0 Å². The van der Waals surface area contributed by atoms with Crippen LogP contribution in [0.4, 0.5) is 5.69 Å². The third-order valence-electron chi connectivity index (χ3n) is 5.81. The average molecular weight is 353 g/mol. The second-order valence-electron chi connectivity index (χ2n) is 7.51. The number of rotatable bonds is 3. The van der Waals surface area contributed by atoms with Crippen LogP contribution in [-0.4, -0.2) is 24.9 Å². The number of benzene rings is 1. The number of thiophene rings is 1. The molecule has 1 fully saturated rings. The maximum atomic E-state index is 12.6. The number of nitrogens with zero attached hydrogens (tertiary/aromatic N) is 1. The molecule has 1 amide bonds. The van der Waals surface area contributed by atoms with E-state index in [0.717, 1.165) is 30.1 Å². The lowest BCUT2D eigenvalue weighted by atomic mass is 9.96. The quantitative estimate of drug-likeness (QED) is 0.859. The number of hydrogen-bond acceptors (Lipinski definition) is 3. The fourth-order valence-corrected chi connectivity index (χ4v) is 5.38. The first-order valence-corrected chi connectivity index (χ1v) is 9.89. The molecule has 3 heterocycles. The largest absolute Gasteiger partial charge is 0.311 e. The fraction of sp³-hybridized carbons (Fsp3) is 0.400. The molecule has 128 valence electrons. The van der Waals surface area contributed by atoms with Crippen molar-refractivity contribution in [2.45, 2.75) is 32.2 Å². The number of aryl methyl sites for hydroxylation is 1. The number of carbonyl (C=O) groups is 2. The van der Waals surface area contributed by atoms with E-state index in [2.05, 4.69) is 11.4 Å². The van der Waals surface area contributed by atoms with Crippen LogP contribution in [0.5, 0.6) is 0 Å². The SMILES string of the molecule is Cc1ccc2c(c1)C(=O)C(=O)N2C[NH+]1CCc2sccc2[C@H]1C1CC1. The van der Waals surface area contributed by atoms with E-state index in [1.807, 2.05) is 36.5 Å². The van der Waals surface area contributed by atoms with Crippen LogP contribution in [0.15, 0.2) is 29.6 Å². The lowest BCUT2D eigenvalue weighted by molar-refractivity contribution is -0.935. The summed E-state index contributed by atoms with van der Waals surface area (Å²) >= 11 is 1.86. The van der Waals surface area contributed by atoms with Crippen molar-refractivity contribution >= 4 is 28.7 Å². The Labute approximate surface area is 151 Å². The summed E-state index contributed by atoms with van der Waals surface area (Å²) in [6, 6.07) is 8.51. The Morgan fingerprint density at radius 2 is 2.08 bits per heavy atom. The van der Waals surface area contributed by atoms with Crippen LogP contribution in [0.3, 0.4) is 0 Å². The van der Waals surface area contributed by atoms with Crippen LogP contribution in [0, 0.1) is 12.8 Å². The van der Waals surface area contributed by atoms with Crippen LogP contribution >= 0.6 is 11.3 Å². The second kappa shape index (κ2) is 5.51. The van der Waals surface area contributed by atoms with Crippen molar-refractivity contribution in [2.24, 2.45) is 5.92 Å². The van der Waals surface area contributed by atoms with E-state index in [1.54, 1.807) is 4.90 Å². The van der Waals surface area contributed by atoms with Gasteiger partial charge < -0.3 is 4.90 Å². The summed E-state index contributed by atoms with van der Waals surface area (Å²) in [6.07, 6.45) is 3.64. The van der Waals surface area contributed by atoms with Gasteiger partial charge in [-0.05, 0) is 43.3 Å². The molecule has 3 aliphatic rings. The molecule has 25 heavy (non-hydrogen) atoms. The van der Waals surface area contributed by atoms with E-state index in [4.69, 9.17) is 0 Å². The van der Waals surface area contributed by atoms with Crippen molar-refractivity contribution in [2.75, 3.05) is 18.1 Å². The molecule has 2 aromatic rings. The maximum Gasteiger partial charge on any atom is 0.303 e. The Hall–Kier alpha value is -1.98. The number of amides is 1. The smallest absolute Gasteiger partial charge is 0.303 e. The number of Topliss-reactive ketones (excluding diaryl/α,β-unsaturated/α-hetero) is 1. The summed E-state index contributed by atoms with van der Waals surface area (Å²) in [4.78, 5) is 29.7. The molecule has 0 radical (unpaired) electrons. The van der Waals surface area contributed by atoms with Gasteiger partial charge in [-0.2, -0.15) is 0 Å². The van der Waals surface area contributed by atoms with E-state index < -0.39 is 0 Å². The highest BCUT2D eigenvalue weighted by Gasteiger charge is 2.46. The maximum absolute atomic E-state index is 12.6. The first-order valence-electron chi connectivity index (χ1n) is 9.01. The molecule has 0 saturated heterocycles. The molecule has 1 aromatic heterocycles. The van der Waals surface area contributed by atoms with Gasteiger partial charge >= 0.3 is 5.91 Å². The van der Waals surface area contributed by atoms with Crippen molar-refractivity contribution in [1.29, 1.82) is 0 Å². The van der Waals surface area contributed by atoms with Crippen LogP contribution in [-0.2, 0) is 11.2 Å². The van der Waals surface area contributed by atoms with Crippen LogP contribution in [0.25, 0.3) is 0 Å². The summed E-state index contributed by atoms with van der Waals surface area (Å²) in [7, 11) is 0. The number of hydrogen-bond donors (Lipinski definition) is 1. The molecule has 2 atom stereocenters. The van der Waals surface area contributed by atoms with E-state index in [9.17, 15) is 9.59 Å². The van der Waals surface area contributed by atoms with Gasteiger partial charge in [-0.1, -0.05) is 11.6 Å². The van der Waals surface area contributed by atoms with Crippen molar-refractivity contribution in [3.05, 3.63) is 51.2 Å².